The lowest BCUT2D eigenvalue weighted by molar-refractivity contribution is 0.0306. The van der Waals surface area contributed by atoms with E-state index >= 15 is 0 Å². The highest BCUT2D eigenvalue weighted by Gasteiger charge is 2.39. The van der Waals surface area contributed by atoms with Gasteiger partial charge in [0.2, 0.25) is 0 Å². The SMILES string of the molecule is CCC(CC)CNC(=O)c1ccc(N2CCC3(CC2)CCN(C2CCC2)CC3)cc1. The van der Waals surface area contributed by atoms with Gasteiger partial charge in [0, 0.05) is 36.9 Å². The van der Waals surface area contributed by atoms with Crippen LogP contribution in [0.15, 0.2) is 24.3 Å². The number of piperidine rings is 2. The zero-order valence-corrected chi connectivity index (χ0v) is 19.2. The molecule has 4 nitrogen and oxygen atoms in total. The summed E-state index contributed by atoms with van der Waals surface area (Å²) in [6, 6.07) is 9.19. The van der Waals surface area contributed by atoms with Gasteiger partial charge in [-0.2, -0.15) is 0 Å². The molecule has 1 aromatic rings. The lowest BCUT2D eigenvalue weighted by atomic mass is 9.70. The highest BCUT2D eigenvalue weighted by atomic mass is 16.1. The monoisotopic (exact) mass is 411 g/mol. The largest absolute Gasteiger partial charge is 0.371 e. The molecule has 3 fully saturated rings. The van der Waals surface area contributed by atoms with Crippen molar-refractivity contribution < 1.29 is 4.79 Å². The molecular formula is C26H41N3O. The van der Waals surface area contributed by atoms with Crippen molar-refractivity contribution in [1.29, 1.82) is 0 Å². The van der Waals surface area contributed by atoms with Gasteiger partial charge in [-0.15, -0.1) is 0 Å². The van der Waals surface area contributed by atoms with Gasteiger partial charge in [0.1, 0.15) is 0 Å². The number of hydrogen-bond acceptors (Lipinski definition) is 3. The van der Waals surface area contributed by atoms with Gasteiger partial charge < -0.3 is 15.1 Å². The second kappa shape index (κ2) is 9.72. The molecule has 2 saturated heterocycles. The minimum Gasteiger partial charge on any atom is -0.371 e. The molecule has 1 N–H and O–H groups in total. The Morgan fingerprint density at radius 3 is 2.13 bits per heavy atom. The summed E-state index contributed by atoms with van der Waals surface area (Å²) in [4.78, 5) is 17.7. The van der Waals surface area contributed by atoms with Crippen molar-refractivity contribution in [3.8, 4) is 0 Å². The van der Waals surface area contributed by atoms with Gasteiger partial charge in [-0.3, -0.25) is 4.79 Å². The van der Waals surface area contributed by atoms with Gasteiger partial charge in [-0.25, -0.2) is 0 Å². The summed E-state index contributed by atoms with van der Waals surface area (Å²) in [6.45, 7) is 10.1. The molecule has 3 aliphatic rings. The van der Waals surface area contributed by atoms with Gasteiger partial charge in [0.05, 0.1) is 0 Å². The molecule has 2 aliphatic heterocycles. The third-order valence-corrected chi connectivity index (χ3v) is 8.47. The van der Waals surface area contributed by atoms with Crippen molar-refractivity contribution in [2.75, 3.05) is 37.6 Å². The fourth-order valence-corrected chi connectivity index (χ4v) is 5.59. The summed E-state index contributed by atoms with van der Waals surface area (Å²) in [5, 5.41) is 3.10. The zero-order valence-electron chi connectivity index (χ0n) is 19.2. The Hall–Kier alpha value is -1.55. The minimum absolute atomic E-state index is 0.0595. The smallest absolute Gasteiger partial charge is 0.251 e. The number of rotatable bonds is 7. The normalized spacial score (nSPS) is 22.3. The highest BCUT2D eigenvalue weighted by Crippen LogP contribution is 2.43. The van der Waals surface area contributed by atoms with Crippen LogP contribution in [0.3, 0.4) is 0 Å². The average molecular weight is 412 g/mol. The Kier molecular flexibility index (Phi) is 7.02. The number of benzene rings is 1. The molecule has 1 saturated carbocycles. The van der Waals surface area contributed by atoms with E-state index in [4.69, 9.17) is 0 Å². The molecule has 4 heteroatoms. The maximum Gasteiger partial charge on any atom is 0.251 e. The van der Waals surface area contributed by atoms with Crippen LogP contribution >= 0.6 is 0 Å². The Morgan fingerprint density at radius 1 is 1.00 bits per heavy atom. The van der Waals surface area contributed by atoms with Crippen LogP contribution in [0.25, 0.3) is 0 Å². The lowest BCUT2D eigenvalue weighted by Gasteiger charge is -2.50. The van der Waals surface area contributed by atoms with Gasteiger partial charge in [0.15, 0.2) is 0 Å². The molecular weight excluding hydrogens is 370 g/mol. The average Bonchev–Trinajstić information content (AvgIpc) is 2.75. The highest BCUT2D eigenvalue weighted by molar-refractivity contribution is 5.94. The molecule has 0 radical (unpaired) electrons. The lowest BCUT2D eigenvalue weighted by Crippen LogP contribution is -2.50. The van der Waals surface area contributed by atoms with Crippen LogP contribution < -0.4 is 10.2 Å². The summed E-state index contributed by atoms with van der Waals surface area (Å²) in [7, 11) is 0. The van der Waals surface area contributed by atoms with Crippen LogP contribution in [0, 0.1) is 11.3 Å². The third kappa shape index (κ3) is 4.85. The van der Waals surface area contributed by atoms with Crippen LogP contribution in [-0.4, -0.2) is 49.6 Å². The summed E-state index contributed by atoms with van der Waals surface area (Å²) in [6.07, 6.45) is 12.0. The van der Waals surface area contributed by atoms with Gasteiger partial charge >= 0.3 is 0 Å². The van der Waals surface area contributed by atoms with Crippen molar-refractivity contribution in [3.05, 3.63) is 29.8 Å². The predicted molar refractivity (Wildman–Crippen MR) is 125 cm³/mol. The maximum atomic E-state index is 12.4. The van der Waals surface area contributed by atoms with E-state index in [0.29, 0.717) is 11.3 Å². The first-order valence-corrected chi connectivity index (χ1v) is 12.5. The second-order valence-electron chi connectivity index (χ2n) is 10.0. The van der Waals surface area contributed by atoms with Crippen LogP contribution in [0.1, 0.15) is 82.0 Å². The molecule has 0 bridgehead atoms. The Balaban J connectivity index is 1.25. The zero-order chi connectivity index (χ0) is 21.0. The second-order valence-corrected chi connectivity index (χ2v) is 10.0. The third-order valence-electron chi connectivity index (χ3n) is 8.47. The Labute approximate surface area is 183 Å². The van der Waals surface area contributed by atoms with Crippen molar-refractivity contribution in [1.82, 2.24) is 10.2 Å². The van der Waals surface area contributed by atoms with Crippen molar-refractivity contribution in [2.24, 2.45) is 11.3 Å². The number of carbonyl (C=O) groups is 1. The maximum absolute atomic E-state index is 12.4. The van der Waals surface area contributed by atoms with E-state index in [0.717, 1.165) is 44.1 Å². The first-order chi connectivity index (χ1) is 14.6. The number of amides is 1. The first-order valence-electron chi connectivity index (χ1n) is 12.5. The van der Waals surface area contributed by atoms with Gasteiger partial charge in [-0.1, -0.05) is 33.1 Å². The molecule has 0 unspecified atom stereocenters. The standard InChI is InChI=1S/C26H41N3O/c1-3-21(4-2)20-27-25(30)22-8-10-24(11-9-22)29-18-14-26(15-19-29)12-16-28(17-13-26)23-6-5-7-23/h8-11,21,23H,3-7,12-20H2,1-2H3,(H,27,30). The fraction of sp³-hybridized carbons (Fsp3) is 0.731. The molecule has 1 aliphatic carbocycles. The predicted octanol–water partition coefficient (Wildman–Crippen LogP) is 5.09. The quantitative estimate of drug-likeness (QED) is 0.679. The van der Waals surface area contributed by atoms with E-state index in [-0.39, 0.29) is 5.91 Å². The summed E-state index contributed by atoms with van der Waals surface area (Å²) < 4.78 is 0. The minimum atomic E-state index is 0.0595. The molecule has 1 aromatic carbocycles. The molecule has 30 heavy (non-hydrogen) atoms. The van der Waals surface area contributed by atoms with E-state index in [2.05, 4.69) is 41.1 Å². The molecule has 0 aromatic heterocycles. The summed E-state index contributed by atoms with van der Waals surface area (Å²) in [5.41, 5.74) is 2.64. The van der Waals surface area contributed by atoms with Crippen molar-refractivity contribution in [2.45, 2.75) is 77.7 Å². The number of anilines is 1. The van der Waals surface area contributed by atoms with E-state index < -0.39 is 0 Å². The molecule has 166 valence electrons. The number of hydrogen-bond donors (Lipinski definition) is 1. The Bertz CT molecular complexity index is 675. The Morgan fingerprint density at radius 2 is 1.60 bits per heavy atom. The van der Waals surface area contributed by atoms with E-state index in [1.54, 1.807) is 0 Å². The number of likely N-dealkylation sites (tertiary alicyclic amines) is 1. The molecule has 0 atom stereocenters. The molecule has 1 amide bonds. The fourth-order valence-electron chi connectivity index (χ4n) is 5.59. The van der Waals surface area contributed by atoms with E-state index in [1.807, 2.05) is 12.1 Å². The summed E-state index contributed by atoms with van der Waals surface area (Å²) >= 11 is 0. The van der Waals surface area contributed by atoms with Crippen LogP contribution in [-0.2, 0) is 0 Å². The summed E-state index contributed by atoms with van der Waals surface area (Å²) in [5.74, 6) is 0.638. The van der Waals surface area contributed by atoms with Crippen molar-refractivity contribution in [3.63, 3.8) is 0 Å². The van der Waals surface area contributed by atoms with Gasteiger partial charge in [0.25, 0.3) is 5.91 Å². The van der Waals surface area contributed by atoms with Crippen LogP contribution in [0.4, 0.5) is 5.69 Å². The number of nitrogens with zero attached hydrogens (tertiary/aromatic N) is 2. The first kappa shape index (κ1) is 21.7. The number of carbonyl (C=O) groups excluding carboxylic acids is 1. The van der Waals surface area contributed by atoms with Crippen LogP contribution in [0.5, 0.6) is 0 Å². The van der Waals surface area contributed by atoms with E-state index in [9.17, 15) is 4.79 Å². The number of nitrogens with one attached hydrogen (secondary N) is 1. The van der Waals surface area contributed by atoms with Gasteiger partial charge in [-0.05, 0) is 87.2 Å². The van der Waals surface area contributed by atoms with Crippen LogP contribution in [0.2, 0.25) is 0 Å². The topological polar surface area (TPSA) is 35.6 Å². The molecule has 1 spiro atoms. The van der Waals surface area contributed by atoms with Crippen molar-refractivity contribution >= 4 is 11.6 Å². The van der Waals surface area contributed by atoms with E-state index in [1.165, 1.54) is 63.7 Å². The molecule has 2 heterocycles. The molecule has 4 rings (SSSR count).